The second kappa shape index (κ2) is 4.65. The van der Waals surface area contributed by atoms with Crippen molar-refractivity contribution in [2.75, 3.05) is 0 Å². The molecule has 1 unspecified atom stereocenters. The predicted molar refractivity (Wildman–Crippen MR) is 71.9 cm³/mol. The third-order valence-corrected chi connectivity index (χ3v) is 4.03. The van der Waals surface area contributed by atoms with Crippen LogP contribution in [0.3, 0.4) is 0 Å². The predicted octanol–water partition coefficient (Wildman–Crippen LogP) is 3.86. The van der Waals surface area contributed by atoms with Gasteiger partial charge in [-0.2, -0.15) is 29.8 Å². The van der Waals surface area contributed by atoms with E-state index in [-0.39, 0.29) is 20.1 Å². The van der Waals surface area contributed by atoms with Crippen molar-refractivity contribution in [3.05, 3.63) is 65.4 Å². The van der Waals surface area contributed by atoms with Crippen LogP contribution >= 0.6 is 11.9 Å². The van der Waals surface area contributed by atoms with Gasteiger partial charge >= 0.3 is 0 Å². The van der Waals surface area contributed by atoms with E-state index >= 15 is 0 Å². The minimum Gasteiger partial charge on any atom is -0.257 e. The number of fused-ring (bicyclic) bond motifs is 6. The van der Waals surface area contributed by atoms with E-state index in [1.807, 2.05) is 6.07 Å². The Morgan fingerprint density at radius 1 is 1.06 bits per heavy atom. The minimum atomic E-state index is 0. The van der Waals surface area contributed by atoms with Crippen LogP contribution in [-0.4, -0.2) is 5.71 Å². The first kappa shape index (κ1) is 12.2. The van der Waals surface area contributed by atoms with Gasteiger partial charge in [-0.05, 0) is 5.56 Å². The zero-order valence-corrected chi connectivity index (χ0v) is 12.6. The van der Waals surface area contributed by atoms with Gasteiger partial charge in [-0.1, -0.05) is 29.8 Å². The Morgan fingerprint density at radius 2 is 1.83 bits per heavy atom. The van der Waals surface area contributed by atoms with E-state index in [4.69, 9.17) is 0 Å². The fourth-order valence-corrected chi connectivity index (χ4v) is 3.35. The summed E-state index contributed by atoms with van der Waals surface area (Å²) in [6.45, 7) is 0. The largest absolute Gasteiger partial charge is 0.257 e. The summed E-state index contributed by atoms with van der Waals surface area (Å²) in [6, 6.07) is 18.1. The zero-order valence-electron chi connectivity index (χ0n) is 9.38. The van der Waals surface area contributed by atoms with E-state index in [1.54, 1.807) is 11.9 Å². The average molecular weight is 428 g/mol. The number of benzene rings is 2. The Bertz CT molecular complexity index is 636. The van der Waals surface area contributed by atoms with Gasteiger partial charge in [-0.15, -0.1) is 11.5 Å². The van der Waals surface area contributed by atoms with Gasteiger partial charge < -0.3 is 0 Å². The molecule has 0 spiro atoms. The molecule has 2 aromatic carbocycles. The smallest absolute Gasteiger partial charge is 0.0287 e. The third-order valence-electron chi connectivity index (χ3n) is 3.33. The van der Waals surface area contributed by atoms with E-state index in [2.05, 4.69) is 52.6 Å². The summed E-state index contributed by atoms with van der Waals surface area (Å²) >= 11 is 1.55. The summed E-state index contributed by atoms with van der Waals surface area (Å²) in [5.41, 5.74) is 6.29. The van der Waals surface area contributed by atoms with Crippen molar-refractivity contribution in [2.24, 2.45) is 4.40 Å². The summed E-state index contributed by atoms with van der Waals surface area (Å²) in [5, 5.41) is 0. The molecule has 91 valence electrons. The van der Waals surface area contributed by atoms with Crippen LogP contribution < -0.4 is 0 Å². The molecular weight excluding hydrogens is 418 g/mol. The van der Waals surface area contributed by atoms with Crippen molar-refractivity contribution in [3.63, 3.8) is 0 Å². The summed E-state index contributed by atoms with van der Waals surface area (Å²) in [7, 11) is 0. The maximum Gasteiger partial charge on any atom is 0.0287 e. The topological polar surface area (TPSA) is 12.4 Å². The van der Waals surface area contributed by atoms with Crippen molar-refractivity contribution in [1.29, 1.82) is 0 Å². The summed E-state index contributed by atoms with van der Waals surface area (Å²) in [5.74, 6) is 2.51. The van der Waals surface area contributed by atoms with Gasteiger partial charge in [0.1, 0.15) is 0 Å². The Morgan fingerprint density at radius 3 is 2.72 bits per heavy atom. The van der Waals surface area contributed by atoms with Crippen LogP contribution in [0, 0.1) is 11.8 Å². The zero-order chi connectivity index (χ0) is 11.2. The Labute approximate surface area is 124 Å². The van der Waals surface area contributed by atoms with Gasteiger partial charge in [0.15, 0.2) is 0 Å². The van der Waals surface area contributed by atoms with Crippen molar-refractivity contribution in [3.8, 4) is 11.1 Å². The molecule has 1 nitrogen and oxygen atoms in total. The van der Waals surface area contributed by atoms with Crippen molar-refractivity contribution >= 4 is 17.7 Å². The van der Waals surface area contributed by atoms with Gasteiger partial charge in [-0.3, -0.25) is 4.40 Å². The monoisotopic (exact) mass is 428 g/mol. The first-order valence-electron chi connectivity index (χ1n) is 5.62. The molecule has 1 heterocycles. The maximum atomic E-state index is 4.56. The van der Waals surface area contributed by atoms with Crippen LogP contribution in [-0.2, 0) is 20.1 Å². The van der Waals surface area contributed by atoms with Gasteiger partial charge in [0.2, 0.25) is 0 Å². The fourth-order valence-electron chi connectivity index (χ4n) is 2.57. The first-order valence-corrected chi connectivity index (χ1v) is 6.46. The fraction of sp³-hybridized carbons (Fsp3) is 0.0667. The van der Waals surface area contributed by atoms with E-state index < -0.39 is 0 Å². The molecule has 0 fully saturated rings. The molecular formula is C15H9IrNS-2. The maximum absolute atomic E-state index is 4.56. The number of rotatable bonds is 0. The Balaban J connectivity index is 0.000001000. The van der Waals surface area contributed by atoms with Gasteiger partial charge in [0, 0.05) is 25.8 Å². The molecule has 1 atom stereocenters. The minimum absolute atomic E-state index is 0. The SMILES string of the molecule is [Ir].[c-]1cccc2c1C1[CH-]SN=C1c1ccccc1-2. The molecule has 2 aliphatic rings. The van der Waals surface area contributed by atoms with E-state index in [0.29, 0.717) is 5.92 Å². The van der Waals surface area contributed by atoms with Crippen molar-refractivity contribution in [1.82, 2.24) is 0 Å². The molecule has 0 bridgehead atoms. The molecule has 0 N–H and O–H groups in total. The van der Waals surface area contributed by atoms with Crippen molar-refractivity contribution in [2.45, 2.75) is 5.92 Å². The molecule has 1 aliphatic carbocycles. The standard InChI is InChI=1S/C15H9NS.Ir/c1-2-7-12-10(5-1)11-6-3-4-8-13(11)15-14(12)9-17-16-15;/h1-6,8-9,14H;/q-2;. The molecule has 2 aromatic rings. The quantitative estimate of drug-likeness (QED) is 0.459. The van der Waals surface area contributed by atoms with Crippen LogP contribution in [0.2, 0.25) is 0 Å². The molecule has 3 heteroatoms. The molecule has 0 saturated heterocycles. The number of hydrogen-bond acceptors (Lipinski definition) is 2. The molecule has 1 radical (unpaired) electrons. The Hall–Kier alpha value is -0.891. The molecule has 0 saturated carbocycles. The number of hydrogen-bond donors (Lipinski definition) is 0. The summed E-state index contributed by atoms with van der Waals surface area (Å²) in [6.07, 6.45) is 0. The third kappa shape index (κ3) is 1.62. The normalized spacial score (nSPS) is 19.1. The second-order valence-corrected chi connectivity index (χ2v) is 4.90. The molecule has 18 heavy (non-hydrogen) atoms. The second-order valence-electron chi connectivity index (χ2n) is 4.24. The summed E-state index contributed by atoms with van der Waals surface area (Å²) in [4.78, 5) is 0. The van der Waals surface area contributed by atoms with Crippen molar-refractivity contribution < 1.29 is 20.1 Å². The Kier molecular flexibility index (Phi) is 3.14. The van der Waals surface area contributed by atoms with Crippen LogP contribution in [0.1, 0.15) is 17.0 Å². The average Bonchev–Trinajstić information content (AvgIpc) is 2.89. The van der Waals surface area contributed by atoms with Gasteiger partial charge in [0.25, 0.3) is 0 Å². The molecule has 0 amide bonds. The van der Waals surface area contributed by atoms with E-state index in [0.717, 1.165) is 0 Å². The van der Waals surface area contributed by atoms with Gasteiger partial charge in [0.05, 0.1) is 0 Å². The first-order chi connectivity index (χ1) is 8.45. The van der Waals surface area contributed by atoms with E-state index in [1.165, 1.54) is 28.0 Å². The van der Waals surface area contributed by atoms with Crippen LogP contribution in [0.5, 0.6) is 0 Å². The molecule has 0 aromatic heterocycles. The number of nitrogens with zero attached hydrogens (tertiary/aromatic N) is 1. The van der Waals surface area contributed by atoms with Crippen LogP contribution in [0.15, 0.2) is 46.9 Å². The molecule has 1 aliphatic heterocycles. The van der Waals surface area contributed by atoms with E-state index in [9.17, 15) is 0 Å². The molecule has 4 rings (SSSR count). The van der Waals surface area contributed by atoms with Crippen LogP contribution in [0.25, 0.3) is 11.1 Å². The van der Waals surface area contributed by atoms with Crippen LogP contribution in [0.4, 0.5) is 0 Å². The van der Waals surface area contributed by atoms with Gasteiger partial charge in [-0.25, -0.2) is 17.7 Å². The summed E-state index contributed by atoms with van der Waals surface area (Å²) < 4.78 is 4.56.